The van der Waals surface area contributed by atoms with Gasteiger partial charge in [-0.25, -0.2) is 13.6 Å². The molecule has 1 aromatic carbocycles. The maximum Gasteiger partial charge on any atom is 0.410 e. The number of carbonyl (C=O) groups is 1. The van der Waals surface area contributed by atoms with Crippen molar-refractivity contribution in [2.24, 2.45) is 5.11 Å². The summed E-state index contributed by atoms with van der Waals surface area (Å²) in [5.41, 5.74) is 8.99. The molecule has 1 unspecified atom stereocenters. The third-order valence-electron chi connectivity index (χ3n) is 2.94. The molecular weight excluding hydrogens is 270 g/mol. The zero-order valence-electron chi connectivity index (χ0n) is 10.4. The molecule has 8 heteroatoms. The summed E-state index contributed by atoms with van der Waals surface area (Å²) in [5, 5.41) is 3.01. The normalized spacial score (nSPS) is 20.3. The van der Waals surface area contributed by atoms with Crippen LogP contribution in [-0.2, 0) is 11.3 Å². The minimum absolute atomic E-state index is 0.00787. The van der Waals surface area contributed by atoms with Gasteiger partial charge in [-0.3, -0.25) is 0 Å². The van der Waals surface area contributed by atoms with Gasteiger partial charge in [-0.1, -0.05) is 35.4 Å². The van der Waals surface area contributed by atoms with E-state index in [2.05, 4.69) is 10.0 Å². The van der Waals surface area contributed by atoms with Gasteiger partial charge in [0.25, 0.3) is 5.92 Å². The highest BCUT2D eigenvalue weighted by atomic mass is 19.3. The van der Waals surface area contributed by atoms with Crippen molar-refractivity contribution >= 4 is 6.09 Å². The smallest absolute Gasteiger partial charge is 0.410 e. The number of rotatable bonds is 3. The van der Waals surface area contributed by atoms with E-state index >= 15 is 0 Å². The highest BCUT2D eigenvalue weighted by Crippen LogP contribution is 2.30. The summed E-state index contributed by atoms with van der Waals surface area (Å²) in [7, 11) is 0. The Balaban J connectivity index is 1.92. The molecule has 0 spiro atoms. The van der Waals surface area contributed by atoms with Crippen molar-refractivity contribution in [3.8, 4) is 0 Å². The quantitative estimate of drug-likeness (QED) is 0.485. The number of hydrogen-bond acceptors (Lipinski definition) is 3. The summed E-state index contributed by atoms with van der Waals surface area (Å²) in [6, 6.07) is 7.35. The summed E-state index contributed by atoms with van der Waals surface area (Å²) in [4.78, 5) is 14.9. The van der Waals surface area contributed by atoms with Gasteiger partial charge in [0.2, 0.25) is 0 Å². The van der Waals surface area contributed by atoms with Crippen molar-refractivity contribution in [3.05, 3.63) is 46.3 Å². The zero-order chi connectivity index (χ0) is 14.6. The van der Waals surface area contributed by atoms with Gasteiger partial charge in [-0.15, -0.1) is 0 Å². The molecule has 1 aliphatic rings. The molecule has 1 saturated heterocycles. The van der Waals surface area contributed by atoms with Crippen LogP contribution in [0.2, 0.25) is 0 Å². The van der Waals surface area contributed by atoms with E-state index in [0.29, 0.717) is 0 Å². The molecular formula is C12H12F2N4O2. The second-order valence-corrected chi connectivity index (χ2v) is 4.40. The Morgan fingerprint density at radius 3 is 2.85 bits per heavy atom. The van der Waals surface area contributed by atoms with Crippen LogP contribution in [0.15, 0.2) is 35.4 Å². The third-order valence-corrected chi connectivity index (χ3v) is 2.94. The fourth-order valence-electron chi connectivity index (χ4n) is 1.90. The van der Waals surface area contributed by atoms with E-state index in [1.54, 1.807) is 24.3 Å². The first kappa shape index (κ1) is 14.1. The van der Waals surface area contributed by atoms with Crippen molar-refractivity contribution in [1.29, 1.82) is 0 Å². The first-order chi connectivity index (χ1) is 9.53. The fourth-order valence-corrected chi connectivity index (χ4v) is 1.90. The molecule has 1 aliphatic heterocycles. The Morgan fingerprint density at radius 2 is 2.20 bits per heavy atom. The van der Waals surface area contributed by atoms with Gasteiger partial charge in [0.15, 0.2) is 0 Å². The first-order valence-electron chi connectivity index (χ1n) is 5.90. The highest BCUT2D eigenvalue weighted by Gasteiger charge is 2.49. The summed E-state index contributed by atoms with van der Waals surface area (Å²) < 4.78 is 31.9. The van der Waals surface area contributed by atoms with Crippen LogP contribution in [0.1, 0.15) is 5.56 Å². The minimum atomic E-state index is -3.22. The van der Waals surface area contributed by atoms with Crippen molar-refractivity contribution in [2.75, 3.05) is 13.1 Å². The van der Waals surface area contributed by atoms with Crippen molar-refractivity contribution in [3.63, 3.8) is 0 Å². The summed E-state index contributed by atoms with van der Waals surface area (Å²) in [5.74, 6) is -3.22. The van der Waals surface area contributed by atoms with Crippen LogP contribution >= 0.6 is 0 Å². The van der Waals surface area contributed by atoms with E-state index in [-0.39, 0.29) is 13.2 Å². The average molecular weight is 282 g/mol. The second kappa shape index (κ2) is 5.75. The Bertz CT molecular complexity index is 532. The Hall–Kier alpha value is -2.34. The number of benzene rings is 1. The number of likely N-dealkylation sites (tertiary alicyclic amines) is 1. The summed E-state index contributed by atoms with van der Waals surface area (Å²) in [6.07, 6.45) is -0.843. The molecule has 0 aliphatic carbocycles. The Labute approximate surface area is 113 Å². The molecule has 1 aromatic rings. The molecule has 0 aromatic heterocycles. The van der Waals surface area contributed by atoms with E-state index in [1.165, 1.54) is 0 Å². The number of ether oxygens (including phenoxy) is 1. The number of nitrogens with zero attached hydrogens (tertiary/aromatic N) is 4. The van der Waals surface area contributed by atoms with Crippen LogP contribution in [0.5, 0.6) is 0 Å². The predicted octanol–water partition coefficient (Wildman–Crippen LogP) is 2.95. The van der Waals surface area contributed by atoms with E-state index in [9.17, 15) is 13.6 Å². The van der Waals surface area contributed by atoms with Crippen LogP contribution in [0.25, 0.3) is 10.4 Å². The van der Waals surface area contributed by atoms with Crippen molar-refractivity contribution in [1.82, 2.24) is 4.90 Å². The SMILES string of the molecule is [N-]=[N+]=NC1CN(C(=O)OCc2ccccc2)CC1(F)F. The van der Waals surface area contributed by atoms with Crippen LogP contribution < -0.4 is 0 Å². The van der Waals surface area contributed by atoms with Crippen molar-refractivity contribution in [2.45, 2.75) is 18.6 Å². The van der Waals surface area contributed by atoms with Crippen LogP contribution in [0.3, 0.4) is 0 Å². The molecule has 2 rings (SSSR count). The lowest BCUT2D eigenvalue weighted by molar-refractivity contribution is -0.00170. The third kappa shape index (κ3) is 3.16. The van der Waals surface area contributed by atoms with E-state index < -0.39 is 24.6 Å². The van der Waals surface area contributed by atoms with Crippen LogP contribution in [0.4, 0.5) is 13.6 Å². The topological polar surface area (TPSA) is 78.3 Å². The number of hydrogen-bond donors (Lipinski definition) is 0. The number of carbonyl (C=O) groups excluding carboxylic acids is 1. The molecule has 1 atom stereocenters. The maximum atomic E-state index is 13.5. The molecule has 1 heterocycles. The molecule has 0 radical (unpaired) electrons. The second-order valence-electron chi connectivity index (χ2n) is 4.40. The summed E-state index contributed by atoms with van der Waals surface area (Å²) in [6.45, 7) is -1.14. The molecule has 1 amide bonds. The maximum absolute atomic E-state index is 13.5. The molecule has 0 bridgehead atoms. The number of halogens is 2. The van der Waals surface area contributed by atoms with E-state index in [0.717, 1.165) is 10.5 Å². The standard InChI is InChI=1S/C12H12F2N4O2/c13-12(14)8-18(6-10(12)16-17-15)11(19)20-7-9-4-2-1-3-5-9/h1-5,10H,6-8H2. The van der Waals surface area contributed by atoms with Crippen molar-refractivity contribution < 1.29 is 18.3 Å². The van der Waals surface area contributed by atoms with Gasteiger partial charge in [-0.2, -0.15) is 0 Å². The molecule has 20 heavy (non-hydrogen) atoms. The Kier molecular flexibility index (Phi) is 4.05. The lowest BCUT2D eigenvalue weighted by Crippen LogP contribution is -2.32. The zero-order valence-corrected chi connectivity index (χ0v) is 10.4. The largest absolute Gasteiger partial charge is 0.445 e. The van der Waals surface area contributed by atoms with Gasteiger partial charge in [0.1, 0.15) is 12.6 Å². The first-order valence-corrected chi connectivity index (χ1v) is 5.90. The van der Waals surface area contributed by atoms with Crippen LogP contribution in [0, 0.1) is 0 Å². The number of azide groups is 1. The monoisotopic (exact) mass is 282 g/mol. The predicted molar refractivity (Wildman–Crippen MR) is 66.1 cm³/mol. The van der Waals surface area contributed by atoms with Gasteiger partial charge >= 0.3 is 6.09 Å². The lowest BCUT2D eigenvalue weighted by Gasteiger charge is -2.15. The molecule has 0 N–H and O–H groups in total. The lowest BCUT2D eigenvalue weighted by atomic mass is 10.2. The number of amides is 1. The molecule has 6 nitrogen and oxygen atoms in total. The van der Waals surface area contributed by atoms with Crippen LogP contribution in [-0.4, -0.2) is 36.0 Å². The summed E-state index contributed by atoms with van der Waals surface area (Å²) >= 11 is 0. The van der Waals surface area contributed by atoms with Gasteiger partial charge < -0.3 is 9.64 Å². The number of alkyl halides is 2. The fraction of sp³-hybridized carbons (Fsp3) is 0.417. The van der Waals surface area contributed by atoms with Gasteiger partial charge in [-0.05, 0) is 11.1 Å². The average Bonchev–Trinajstić information content (AvgIpc) is 2.73. The van der Waals surface area contributed by atoms with E-state index in [4.69, 9.17) is 10.3 Å². The van der Waals surface area contributed by atoms with Gasteiger partial charge in [0.05, 0.1) is 6.54 Å². The van der Waals surface area contributed by atoms with Gasteiger partial charge in [0, 0.05) is 11.5 Å². The highest BCUT2D eigenvalue weighted by molar-refractivity contribution is 5.68. The molecule has 0 saturated carbocycles. The Morgan fingerprint density at radius 1 is 1.50 bits per heavy atom. The molecule has 1 fully saturated rings. The molecule has 106 valence electrons. The van der Waals surface area contributed by atoms with E-state index in [1.807, 2.05) is 6.07 Å². The minimum Gasteiger partial charge on any atom is -0.445 e.